The maximum absolute atomic E-state index is 12.7. The molecule has 8 nitrogen and oxygen atoms in total. The molecular formula is C22H18N4O4. The lowest BCUT2D eigenvalue weighted by Crippen LogP contribution is -2.08. The van der Waals surface area contributed by atoms with Crippen LogP contribution in [0.4, 0.5) is 0 Å². The van der Waals surface area contributed by atoms with Crippen LogP contribution in [0.5, 0.6) is 0 Å². The minimum atomic E-state index is -0.559. The molecule has 0 unspecified atom stereocenters. The van der Waals surface area contributed by atoms with Crippen molar-refractivity contribution in [2.75, 3.05) is 14.2 Å². The van der Waals surface area contributed by atoms with Crippen LogP contribution in [-0.2, 0) is 9.47 Å². The van der Waals surface area contributed by atoms with Crippen LogP contribution < -0.4 is 0 Å². The Kier molecular flexibility index (Phi) is 5.13. The number of carbonyl (C=O) groups excluding carboxylic acids is 2. The molecule has 0 aliphatic carbocycles. The van der Waals surface area contributed by atoms with Crippen molar-refractivity contribution < 1.29 is 19.1 Å². The highest BCUT2D eigenvalue weighted by atomic mass is 16.5. The Bertz CT molecular complexity index is 1100. The molecule has 0 saturated carbocycles. The van der Waals surface area contributed by atoms with Gasteiger partial charge in [0.15, 0.2) is 0 Å². The Morgan fingerprint density at radius 2 is 1.17 bits per heavy atom. The summed E-state index contributed by atoms with van der Waals surface area (Å²) in [5, 5.41) is 0. The van der Waals surface area contributed by atoms with Crippen molar-refractivity contribution in [3.63, 3.8) is 0 Å². The highest BCUT2D eigenvalue weighted by Gasteiger charge is 2.29. The number of hydrogen-bond acceptors (Lipinski definition) is 6. The van der Waals surface area contributed by atoms with E-state index in [0.29, 0.717) is 33.9 Å². The van der Waals surface area contributed by atoms with Crippen LogP contribution in [-0.4, -0.2) is 46.1 Å². The van der Waals surface area contributed by atoms with Gasteiger partial charge in [-0.3, -0.25) is 9.97 Å². The minimum absolute atomic E-state index is 0.260. The third-order valence-corrected chi connectivity index (χ3v) is 4.67. The highest BCUT2D eigenvalue weighted by Crippen LogP contribution is 2.36. The number of aromatic amines is 2. The average molecular weight is 402 g/mol. The van der Waals surface area contributed by atoms with Gasteiger partial charge in [0.05, 0.1) is 48.1 Å². The van der Waals surface area contributed by atoms with Gasteiger partial charge in [-0.05, 0) is 24.3 Å². The van der Waals surface area contributed by atoms with Gasteiger partial charge in [0.2, 0.25) is 0 Å². The number of hydrogen-bond donors (Lipinski definition) is 2. The summed E-state index contributed by atoms with van der Waals surface area (Å²) in [4.78, 5) is 40.2. The molecule has 0 spiro atoms. The molecule has 2 N–H and O–H groups in total. The lowest BCUT2D eigenvalue weighted by Gasteiger charge is -2.08. The third-order valence-electron chi connectivity index (χ3n) is 4.67. The van der Waals surface area contributed by atoms with E-state index in [1.54, 1.807) is 49.1 Å². The molecule has 4 rings (SSSR count). The second-order valence-corrected chi connectivity index (χ2v) is 6.32. The molecule has 30 heavy (non-hydrogen) atoms. The number of aromatic nitrogens is 4. The third kappa shape index (κ3) is 3.24. The summed E-state index contributed by atoms with van der Waals surface area (Å²) in [6.07, 6.45) is 6.59. The zero-order valence-corrected chi connectivity index (χ0v) is 16.3. The maximum Gasteiger partial charge on any atom is 0.340 e. The Balaban J connectivity index is 1.95. The van der Waals surface area contributed by atoms with Crippen LogP contribution in [0.1, 0.15) is 20.7 Å². The number of H-pyrrole nitrogens is 2. The number of nitrogens with zero attached hydrogens (tertiary/aromatic N) is 2. The first-order chi connectivity index (χ1) is 14.7. The fourth-order valence-electron chi connectivity index (χ4n) is 3.32. The smallest absolute Gasteiger partial charge is 0.340 e. The Labute approximate surface area is 171 Å². The van der Waals surface area contributed by atoms with Gasteiger partial charge in [0, 0.05) is 35.9 Å². The first-order valence-electron chi connectivity index (χ1n) is 9.08. The van der Waals surface area contributed by atoms with Crippen molar-refractivity contribution in [1.29, 1.82) is 0 Å². The summed E-state index contributed by atoms with van der Waals surface area (Å²) in [6, 6.07) is 10.8. The van der Waals surface area contributed by atoms with Gasteiger partial charge in [-0.1, -0.05) is 12.1 Å². The average Bonchev–Trinajstić information content (AvgIpc) is 3.43. The number of carbonyl (C=O) groups is 2. The van der Waals surface area contributed by atoms with E-state index in [-0.39, 0.29) is 11.1 Å². The van der Waals surface area contributed by atoms with Crippen molar-refractivity contribution in [2.45, 2.75) is 0 Å². The predicted octanol–water partition coefficient (Wildman–Crippen LogP) is 3.71. The molecule has 8 heteroatoms. The summed E-state index contributed by atoms with van der Waals surface area (Å²) in [5.74, 6) is -1.12. The molecule has 4 heterocycles. The van der Waals surface area contributed by atoms with Crippen LogP contribution in [0.2, 0.25) is 0 Å². The molecular weight excluding hydrogens is 384 g/mol. The standard InChI is InChI=1S/C22H18N4O4/c1-29-21(27)17-13(15-7-3-5-9-23-15)11-25-19(17)20-18(22(28)30-2)14(12-26-20)16-8-4-6-10-24-16/h3-12,25-26H,1-2H3. The maximum atomic E-state index is 12.7. The van der Waals surface area contributed by atoms with Gasteiger partial charge in [-0.15, -0.1) is 0 Å². The van der Waals surface area contributed by atoms with Crippen molar-refractivity contribution in [3.8, 4) is 33.9 Å². The monoisotopic (exact) mass is 402 g/mol. The second-order valence-electron chi connectivity index (χ2n) is 6.32. The molecule has 4 aromatic rings. The lowest BCUT2D eigenvalue weighted by atomic mass is 10.0. The normalized spacial score (nSPS) is 10.6. The van der Waals surface area contributed by atoms with Crippen LogP contribution in [0.3, 0.4) is 0 Å². The number of rotatable bonds is 5. The molecule has 0 radical (unpaired) electrons. The van der Waals surface area contributed by atoms with Crippen LogP contribution in [0.25, 0.3) is 33.9 Å². The zero-order chi connectivity index (χ0) is 21.1. The van der Waals surface area contributed by atoms with Gasteiger partial charge in [0.1, 0.15) is 0 Å². The summed E-state index contributed by atoms with van der Waals surface area (Å²) in [7, 11) is 2.60. The predicted molar refractivity (Wildman–Crippen MR) is 110 cm³/mol. The van der Waals surface area contributed by atoms with Crippen LogP contribution >= 0.6 is 0 Å². The quantitative estimate of drug-likeness (QED) is 0.493. The van der Waals surface area contributed by atoms with Crippen LogP contribution in [0.15, 0.2) is 61.2 Å². The Morgan fingerprint density at radius 1 is 0.733 bits per heavy atom. The fraction of sp³-hybridized carbons (Fsp3) is 0.0909. The first kappa shape index (κ1) is 19.1. The van der Waals surface area contributed by atoms with E-state index in [2.05, 4.69) is 19.9 Å². The largest absolute Gasteiger partial charge is 0.465 e. The molecule has 0 amide bonds. The van der Waals surface area contributed by atoms with E-state index >= 15 is 0 Å². The number of esters is 2. The molecule has 0 aliphatic heterocycles. The van der Waals surface area contributed by atoms with Gasteiger partial charge in [-0.2, -0.15) is 0 Å². The summed E-state index contributed by atoms with van der Waals surface area (Å²) in [6.45, 7) is 0. The van der Waals surface area contributed by atoms with Crippen molar-refractivity contribution in [2.24, 2.45) is 0 Å². The molecule has 0 atom stereocenters. The number of pyridine rings is 2. The molecule has 0 bridgehead atoms. The van der Waals surface area contributed by atoms with Gasteiger partial charge >= 0.3 is 11.9 Å². The molecule has 0 fully saturated rings. The summed E-state index contributed by atoms with van der Waals surface area (Å²) < 4.78 is 10.0. The van der Waals surface area contributed by atoms with E-state index in [1.165, 1.54) is 14.2 Å². The van der Waals surface area contributed by atoms with Crippen molar-refractivity contribution in [3.05, 3.63) is 72.3 Å². The van der Waals surface area contributed by atoms with E-state index in [1.807, 2.05) is 12.1 Å². The van der Waals surface area contributed by atoms with E-state index in [0.717, 1.165) is 0 Å². The second kappa shape index (κ2) is 8.04. The van der Waals surface area contributed by atoms with Crippen LogP contribution in [0, 0.1) is 0 Å². The number of methoxy groups -OCH3 is 2. The van der Waals surface area contributed by atoms with Gasteiger partial charge in [-0.25, -0.2) is 9.59 Å². The fourth-order valence-corrected chi connectivity index (χ4v) is 3.32. The summed E-state index contributed by atoms with van der Waals surface area (Å²) >= 11 is 0. The Morgan fingerprint density at radius 3 is 1.50 bits per heavy atom. The zero-order valence-electron chi connectivity index (χ0n) is 16.3. The topological polar surface area (TPSA) is 110 Å². The van der Waals surface area contributed by atoms with Crippen molar-refractivity contribution in [1.82, 2.24) is 19.9 Å². The first-order valence-corrected chi connectivity index (χ1v) is 9.08. The molecule has 150 valence electrons. The summed E-state index contributed by atoms with van der Waals surface area (Å²) in [5.41, 5.74) is 3.61. The highest BCUT2D eigenvalue weighted by molar-refractivity contribution is 6.08. The van der Waals surface area contributed by atoms with Gasteiger partial charge < -0.3 is 19.4 Å². The number of nitrogens with one attached hydrogen (secondary N) is 2. The Hall–Kier alpha value is -4.20. The molecule has 0 saturated heterocycles. The number of ether oxygens (including phenoxy) is 2. The van der Waals surface area contributed by atoms with E-state index < -0.39 is 11.9 Å². The van der Waals surface area contributed by atoms with Gasteiger partial charge in [0.25, 0.3) is 0 Å². The van der Waals surface area contributed by atoms with E-state index in [9.17, 15) is 9.59 Å². The molecule has 0 aliphatic rings. The molecule has 4 aromatic heterocycles. The minimum Gasteiger partial charge on any atom is -0.465 e. The SMILES string of the molecule is COC(=O)c1c(-c2ccccn2)c[nH]c1-c1[nH]cc(-c2ccccn2)c1C(=O)OC. The lowest BCUT2D eigenvalue weighted by molar-refractivity contribution is 0.0591. The molecule has 0 aromatic carbocycles. The van der Waals surface area contributed by atoms with E-state index in [4.69, 9.17) is 9.47 Å². The van der Waals surface area contributed by atoms with Crippen molar-refractivity contribution >= 4 is 11.9 Å².